The van der Waals surface area contributed by atoms with Crippen molar-refractivity contribution in [2.24, 2.45) is 0 Å². The van der Waals surface area contributed by atoms with Gasteiger partial charge in [0.05, 0.1) is 5.75 Å². The van der Waals surface area contributed by atoms with Crippen molar-refractivity contribution in [2.75, 3.05) is 5.75 Å². The van der Waals surface area contributed by atoms with Crippen LogP contribution < -0.4 is 5.32 Å². The van der Waals surface area contributed by atoms with Gasteiger partial charge in [-0.15, -0.1) is 11.3 Å². The lowest BCUT2D eigenvalue weighted by molar-refractivity contribution is -0.119. The number of nitrogens with zero attached hydrogens (tertiary/aromatic N) is 2. The normalized spacial score (nSPS) is 15.4. The predicted molar refractivity (Wildman–Crippen MR) is 97.4 cm³/mol. The second-order valence-electron chi connectivity index (χ2n) is 6.13. The van der Waals surface area contributed by atoms with Crippen LogP contribution in [0.1, 0.15) is 49.4 Å². The molecule has 124 valence electrons. The van der Waals surface area contributed by atoms with Crippen LogP contribution in [0.4, 0.5) is 0 Å². The van der Waals surface area contributed by atoms with E-state index in [0.717, 1.165) is 34.9 Å². The van der Waals surface area contributed by atoms with E-state index in [4.69, 9.17) is 0 Å². The van der Waals surface area contributed by atoms with Crippen molar-refractivity contribution in [1.29, 1.82) is 0 Å². The van der Waals surface area contributed by atoms with Crippen LogP contribution in [0.2, 0.25) is 0 Å². The Morgan fingerprint density at radius 1 is 1.35 bits per heavy atom. The minimum atomic E-state index is 0.0814. The van der Waals surface area contributed by atoms with E-state index in [1.165, 1.54) is 28.7 Å². The summed E-state index contributed by atoms with van der Waals surface area (Å²) in [6.07, 6.45) is 5.74. The minimum Gasteiger partial charge on any atom is -0.353 e. The summed E-state index contributed by atoms with van der Waals surface area (Å²) in [5.74, 6) is 1.29. The van der Waals surface area contributed by atoms with Gasteiger partial charge >= 0.3 is 0 Å². The lowest BCUT2D eigenvalue weighted by Gasteiger charge is -2.13. The van der Waals surface area contributed by atoms with Crippen LogP contribution in [0.15, 0.2) is 5.03 Å². The fourth-order valence-electron chi connectivity index (χ4n) is 2.88. The molecule has 2 aromatic heterocycles. The van der Waals surface area contributed by atoms with Gasteiger partial charge in [0.25, 0.3) is 0 Å². The van der Waals surface area contributed by atoms with Crippen molar-refractivity contribution in [2.45, 2.75) is 63.9 Å². The fraction of sp³-hybridized carbons (Fsp3) is 0.588. The average molecular weight is 350 g/mol. The number of thioether (sulfide) groups is 1. The summed E-state index contributed by atoms with van der Waals surface area (Å²) in [7, 11) is 0. The molecular weight excluding hydrogens is 326 g/mol. The maximum atomic E-state index is 12.1. The van der Waals surface area contributed by atoms with Crippen molar-refractivity contribution in [3.63, 3.8) is 0 Å². The first-order valence-corrected chi connectivity index (χ1v) is 10.1. The van der Waals surface area contributed by atoms with Crippen molar-refractivity contribution in [1.82, 2.24) is 15.3 Å². The van der Waals surface area contributed by atoms with Gasteiger partial charge in [-0.05, 0) is 51.5 Å². The van der Waals surface area contributed by atoms with E-state index in [1.807, 2.05) is 25.2 Å². The molecule has 1 atom stereocenters. The third-order valence-corrected chi connectivity index (χ3v) is 6.41. The number of fused-ring (bicyclic) bond motifs is 3. The number of carbonyl (C=O) groups is 1. The van der Waals surface area contributed by atoms with Crippen molar-refractivity contribution in [3.8, 4) is 0 Å². The maximum Gasteiger partial charge on any atom is 0.230 e. The minimum absolute atomic E-state index is 0.0814. The van der Waals surface area contributed by atoms with Crippen molar-refractivity contribution >= 4 is 39.2 Å². The van der Waals surface area contributed by atoms with E-state index < -0.39 is 0 Å². The maximum absolute atomic E-state index is 12.1. The fourth-order valence-corrected chi connectivity index (χ4v) is 5.17. The highest BCUT2D eigenvalue weighted by atomic mass is 32.2. The highest BCUT2D eigenvalue weighted by Gasteiger charge is 2.21. The number of rotatable bonds is 5. The van der Waals surface area contributed by atoms with Crippen molar-refractivity contribution < 1.29 is 4.79 Å². The Labute approximate surface area is 145 Å². The number of aryl methyl sites for hydroxylation is 3. The molecule has 2 aromatic rings. The number of thiophene rings is 1. The number of nitrogens with one attached hydrogen (secondary N) is 1. The van der Waals surface area contributed by atoms with Crippen molar-refractivity contribution in [3.05, 3.63) is 16.3 Å². The standard InChI is InChI=1S/C17H23N3OS2/c1-4-10(2)18-14(21)9-22-16-15-12-7-5-6-8-13(12)23-17(15)20-11(3)19-16/h10H,4-9H2,1-3H3,(H,18,21)/t10-/m0/s1. The Morgan fingerprint density at radius 3 is 2.91 bits per heavy atom. The molecule has 0 fully saturated rings. The van der Waals surface area contributed by atoms with Gasteiger partial charge in [-0.25, -0.2) is 9.97 Å². The van der Waals surface area contributed by atoms with Gasteiger partial charge in [0.1, 0.15) is 15.7 Å². The zero-order valence-corrected chi connectivity index (χ0v) is 15.6. The Morgan fingerprint density at radius 2 is 2.13 bits per heavy atom. The first-order chi connectivity index (χ1) is 11.1. The third kappa shape index (κ3) is 3.69. The van der Waals surface area contributed by atoms with Crippen LogP contribution in [-0.2, 0) is 17.6 Å². The summed E-state index contributed by atoms with van der Waals surface area (Å²) in [6.45, 7) is 6.04. The zero-order chi connectivity index (χ0) is 16.4. The van der Waals surface area contributed by atoms with E-state index in [0.29, 0.717) is 5.75 Å². The molecule has 0 radical (unpaired) electrons. The number of aromatic nitrogens is 2. The summed E-state index contributed by atoms with van der Waals surface area (Å²) >= 11 is 3.36. The van der Waals surface area contributed by atoms with E-state index in [2.05, 4.69) is 22.2 Å². The second kappa shape index (κ2) is 7.18. The summed E-state index contributed by atoms with van der Waals surface area (Å²) < 4.78 is 0. The SMILES string of the molecule is CC[C@H](C)NC(=O)CSc1nc(C)nc2sc3c(c12)CCCC3. The summed E-state index contributed by atoms with van der Waals surface area (Å²) in [5.41, 5.74) is 1.43. The Balaban J connectivity index is 1.85. The molecule has 1 aliphatic carbocycles. The van der Waals surface area contributed by atoms with E-state index in [9.17, 15) is 4.79 Å². The lowest BCUT2D eigenvalue weighted by Crippen LogP contribution is -2.33. The first kappa shape index (κ1) is 16.7. The van der Waals surface area contributed by atoms with E-state index in [1.54, 1.807) is 11.8 Å². The van der Waals surface area contributed by atoms with E-state index in [-0.39, 0.29) is 11.9 Å². The molecule has 0 bridgehead atoms. The third-order valence-electron chi connectivity index (χ3n) is 4.25. The second-order valence-corrected chi connectivity index (χ2v) is 8.18. The smallest absolute Gasteiger partial charge is 0.230 e. The quantitative estimate of drug-likeness (QED) is 0.657. The van der Waals surface area contributed by atoms with Crippen LogP contribution in [-0.4, -0.2) is 27.7 Å². The van der Waals surface area contributed by atoms with Gasteiger partial charge in [-0.2, -0.15) is 0 Å². The number of hydrogen-bond acceptors (Lipinski definition) is 5. The Bertz CT molecular complexity index is 726. The molecule has 23 heavy (non-hydrogen) atoms. The van der Waals surface area contributed by atoms with Gasteiger partial charge in [0.15, 0.2) is 0 Å². The van der Waals surface area contributed by atoms with Gasteiger partial charge in [0, 0.05) is 16.3 Å². The van der Waals surface area contributed by atoms with Gasteiger partial charge in [0.2, 0.25) is 5.91 Å². The van der Waals surface area contributed by atoms with Gasteiger partial charge < -0.3 is 5.32 Å². The monoisotopic (exact) mass is 349 g/mol. The van der Waals surface area contributed by atoms with E-state index >= 15 is 0 Å². The van der Waals surface area contributed by atoms with Gasteiger partial charge in [-0.1, -0.05) is 18.7 Å². The summed E-state index contributed by atoms with van der Waals surface area (Å²) in [6, 6.07) is 0.226. The molecule has 1 amide bonds. The first-order valence-electron chi connectivity index (χ1n) is 8.29. The zero-order valence-electron chi connectivity index (χ0n) is 13.9. The molecule has 1 aliphatic rings. The highest BCUT2D eigenvalue weighted by Crippen LogP contribution is 2.39. The summed E-state index contributed by atoms with van der Waals surface area (Å²) in [4.78, 5) is 23.9. The number of amides is 1. The van der Waals surface area contributed by atoms with Crippen LogP contribution in [0.5, 0.6) is 0 Å². The molecule has 0 aliphatic heterocycles. The molecule has 0 saturated carbocycles. The highest BCUT2D eigenvalue weighted by molar-refractivity contribution is 8.00. The molecule has 4 nitrogen and oxygen atoms in total. The lowest BCUT2D eigenvalue weighted by atomic mass is 9.97. The van der Waals surface area contributed by atoms with Crippen LogP contribution >= 0.6 is 23.1 Å². The molecule has 2 heterocycles. The van der Waals surface area contributed by atoms with Crippen LogP contribution in [0.3, 0.4) is 0 Å². The van der Waals surface area contributed by atoms with Gasteiger partial charge in [-0.3, -0.25) is 4.79 Å². The largest absolute Gasteiger partial charge is 0.353 e. The van der Waals surface area contributed by atoms with Crippen LogP contribution in [0, 0.1) is 6.92 Å². The molecule has 0 unspecified atom stereocenters. The summed E-state index contributed by atoms with van der Waals surface area (Å²) in [5, 5.41) is 5.20. The number of hydrogen-bond donors (Lipinski definition) is 1. The number of carbonyl (C=O) groups excluding carboxylic acids is 1. The molecule has 6 heteroatoms. The van der Waals surface area contributed by atoms with Crippen LogP contribution in [0.25, 0.3) is 10.2 Å². The predicted octanol–water partition coefficient (Wildman–Crippen LogP) is 3.89. The molecule has 3 rings (SSSR count). The molecule has 1 N–H and O–H groups in total. The molecule has 0 aromatic carbocycles. The average Bonchev–Trinajstić information content (AvgIpc) is 2.90. The molecular formula is C17H23N3OS2. The molecule has 0 saturated heterocycles. The molecule has 0 spiro atoms. The Hall–Kier alpha value is -1.14. The topological polar surface area (TPSA) is 54.9 Å². The Kier molecular flexibility index (Phi) is 5.21.